The third-order valence-corrected chi connectivity index (χ3v) is 5.25. The van der Waals surface area contributed by atoms with Crippen LogP contribution in [-0.4, -0.2) is 41.2 Å². The molecule has 2 aromatic carbocycles. The molecule has 1 aliphatic heterocycles. The molecule has 1 aromatic heterocycles. The van der Waals surface area contributed by atoms with Gasteiger partial charge in [0.25, 0.3) is 0 Å². The van der Waals surface area contributed by atoms with Crippen LogP contribution < -0.4 is 4.74 Å². The number of carbonyl (C=O) groups is 1. The Morgan fingerprint density at radius 1 is 1.19 bits per heavy atom. The van der Waals surface area contributed by atoms with Gasteiger partial charge in [0.05, 0.1) is 19.2 Å². The number of nitrogens with zero attached hydrogens (tertiary/aromatic N) is 2. The summed E-state index contributed by atoms with van der Waals surface area (Å²) in [7, 11) is 3.72. The number of aromatic nitrogens is 1. The molecule has 5 heteroatoms. The van der Waals surface area contributed by atoms with E-state index >= 15 is 0 Å². The van der Waals surface area contributed by atoms with Crippen molar-refractivity contribution in [3.8, 4) is 5.75 Å². The highest BCUT2D eigenvalue weighted by molar-refractivity contribution is 5.91. The molecule has 4 rings (SSSR count). The van der Waals surface area contributed by atoms with Crippen LogP contribution in [0.15, 0.2) is 42.5 Å². The topological polar surface area (TPSA) is 54.7 Å². The maximum absolute atomic E-state index is 11.7. The Morgan fingerprint density at radius 2 is 2.00 bits per heavy atom. The second-order valence-corrected chi connectivity index (χ2v) is 6.81. The zero-order valence-electron chi connectivity index (χ0n) is 15.0. The summed E-state index contributed by atoms with van der Waals surface area (Å²) in [4.78, 5) is 14.1. The van der Waals surface area contributed by atoms with Crippen LogP contribution in [-0.2, 0) is 19.5 Å². The van der Waals surface area contributed by atoms with Crippen LogP contribution in [0.4, 0.5) is 0 Å². The largest absolute Gasteiger partial charge is 0.496 e. The van der Waals surface area contributed by atoms with Gasteiger partial charge in [0.1, 0.15) is 5.75 Å². The van der Waals surface area contributed by atoms with E-state index in [9.17, 15) is 9.90 Å². The molecule has 0 spiro atoms. The molecule has 134 valence electrons. The fourth-order valence-electron chi connectivity index (χ4n) is 4.00. The number of ether oxygens (including phenoxy) is 1. The van der Waals surface area contributed by atoms with E-state index < -0.39 is 5.97 Å². The van der Waals surface area contributed by atoms with E-state index in [1.807, 2.05) is 12.1 Å². The zero-order chi connectivity index (χ0) is 18.3. The predicted octanol–water partition coefficient (Wildman–Crippen LogP) is 3.38. The van der Waals surface area contributed by atoms with Crippen LogP contribution >= 0.6 is 0 Å². The van der Waals surface area contributed by atoms with Gasteiger partial charge in [-0.3, -0.25) is 0 Å². The van der Waals surface area contributed by atoms with Crippen molar-refractivity contribution >= 4 is 16.9 Å². The van der Waals surface area contributed by atoms with Gasteiger partial charge in [-0.2, -0.15) is 0 Å². The maximum atomic E-state index is 11.7. The average Bonchev–Trinajstić information content (AvgIpc) is 2.95. The smallest absolute Gasteiger partial charge is 0.336 e. The lowest BCUT2D eigenvalue weighted by Crippen LogP contribution is -2.27. The van der Waals surface area contributed by atoms with E-state index in [-0.39, 0.29) is 0 Å². The van der Waals surface area contributed by atoms with Crippen molar-refractivity contribution in [2.24, 2.45) is 0 Å². The van der Waals surface area contributed by atoms with E-state index in [1.165, 1.54) is 16.6 Å². The SMILES string of the molecule is COc1cccc(C(=O)O)c1Cn1c2c(c3ccccc31)CN(C)CC2. The first-order valence-electron chi connectivity index (χ1n) is 8.77. The lowest BCUT2D eigenvalue weighted by atomic mass is 10.0. The van der Waals surface area contributed by atoms with Crippen LogP contribution in [0.25, 0.3) is 10.9 Å². The Balaban J connectivity index is 1.91. The lowest BCUT2D eigenvalue weighted by Gasteiger charge is -2.24. The molecule has 0 saturated carbocycles. The van der Waals surface area contributed by atoms with Gasteiger partial charge >= 0.3 is 5.97 Å². The van der Waals surface area contributed by atoms with Crippen LogP contribution in [0.1, 0.15) is 27.2 Å². The Morgan fingerprint density at radius 3 is 2.77 bits per heavy atom. The fraction of sp³-hybridized carbons (Fsp3) is 0.286. The number of benzene rings is 2. The Hall–Kier alpha value is -2.79. The summed E-state index contributed by atoms with van der Waals surface area (Å²) in [6, 6.07) is 13.6. The predicted molar refractivity (Wildman–Crippen MR) is 101 cm³/mol. The summed E-state index contributed by atoms with van der Waals surface area (Å²) >= 11 is 0. The number of likely N-dealkylation sites (N-methyl/N-ethyl adjacent to an activating group) is 1. The molecule has 0 atom stereocenters. The molecule has 2 heterocycles. The second kappa shape index (κ2) is 6.50. The molecule has 1 aliphatic rings. The maximum Gasteiger partial charge on any atom is 0.336 e. The molecule has 0 bridgehead atoms. The van der Waals surface area contributed by atoms with Gasteiger partial charge in [0.2, 0.25) is 0 Å². The third kappa shape index (κ3) is 2.65. The van der Waals surface area contributed by atoms with Gasteiger partial charge in [-0.25, -0.2) is 4.79 Å². The van der Waals surface area contributed by atoms with Crippen LogP contribution in [0, 0.1) is 0 Å². The lowest BCUT2D eigenvalue weighted by molar-refractivity contribution is 0.0695. The first-order chi connectivity index (χ1) is 12.6. The molecule has 26 heavy (non-hydrogen) atoms. The van der Waals surface area contributed by atoms with Crippen molar-refractivity contribution in [1.82, 2.24) is 9.47 Å². The highest BCUT2D eigenvalue weighted by atomic mass is 16.5. The number of carboxylic acid groups (broad SMARTS) is 1. The minimum atomic E-state index is -0.927. The first kappa shape index (κ1) is 16.7. The summed E-state index contributed by atoms with van der Waals surface area (Å²) < 4.78 is 7.74. The monoisotopic (exact) mass is 350 g/mol. The standard InChI is InChI=1S/C21H22N2O3/c1-22-11-10-19-16(12-22)14-6-3-4-8-18(14)23(19)13-17-15(21(24)25)7-5-9-20(17)26-2/h3-9H,10-13H2,1-2H3,(H,24,25). The number of aromatic carboxylic acids is 1. The molecule has 0 amide bonds. The number of hydrogen-bond acceptors (Lipinski definition) is 3. The molecule has 3 aromatic rings. The molecule has 0 unspecified atom stereocenters. The van der Waals surface area contributed by atoms with Gasteiger partial charge in [-0.15, -0.1) is 0 Å². The van der Waals surface area contributed by atoms with Crippen molar-refractivity contribution in [2.45, 2.75) is 19.5 Å². The summed E-state index contributed by atoms with van der Waals surface area (Å²) in [6.07, 6.45) is 0.956. The number of rotatable bonds is 4. The second-order valence-electron chi connectivity index (χ2n) is 6.81. The zero-order valence-corrected chi connectivity index (χ0v) is 15.0. The van der Waals surface area contributed by atoms with Crippen molar-refractivity contribution < 1.29 is 14.6 Å². The molecule has 0 fully saturated rings. The van der Waals surface area contributed by atoms with Gasteiger partial charge in [-0.05, 0) is 30.8 Å². The van der Waals surface area contributed by atoms with Gasteiger partial charge in [0, 0.05) is 41.7 Å². The summed E-state index contributed by atoms with van der Waals surface area (Å²) in [5, 5.41) is 10.9. The summed E-state index contributed by atoms with van der Waals surface area (Å²) in [6.45, 7) is 2.41. The van der Waals surface area contributed by atoms with E-state index in [1.54, 1.807) is 19.2 Å². The molecule has 0 saturated heterocycles. The minimum absolute atomic E-state index is 0.295. The van der Waals surface area contributed by atoms with Crippen molar-refractivity contribution in [1.29, 1.82) is 0 Å². The molecule has 5 nitrogen and oxygen atoms in total. The van der Waals surface area contributed by atoms with Crippen molar-refractivity contribution in [3.05, 3.63) is 64.8 Å². The van der Waals surface area contributed by atoms with Gasteiger partial charge in [0.15, 0.2) is 0 Å². The Bertz CT molecular complexity index is 990. The molecular formula is C21H22N2O3. The summed E-state index contributed by atoms with van der Waals surface area (Å²) in [5.41, 5.74) is 4.80. The number of para-hydroxylation sites is 1. The van der Waals surface area contributed by atoms with Crippen LogP contribution in [0.5, 0.6) is 5.75 Å². The van der Waals surface area contributed by atoms with Gasteiger partial charge in [-0.1, -0.05) is 24.3 Å². The van der Waals surface area contributed by atoms with Crippen molar-refractivity contribution in [2.75, 3.05) is 20.7 Å². The minimum Gasteiger partial charge on any atom is -0.496 e. The van der Waals surface area contributed by atoms with Crippen molar-refractivity contribution in [3.63, 3.8) is 0 Å². The molecule has 1 N–H and O–H groups in total. The summed E-state index contributed by atoms with van der Waals surface area (Å²) in [5.74, 6) is -0.312. The Labute approximate surface area is 152 Å². The van der Waals surface area contributed by atoms with Crippen LogP contribution in [0.3, 0.4) is 0 Å². The van der Waals surface area contributed by atoms with E-state index in [0.717, 1.165) is 25.0 Å². The average molecular weight is 350 g/mol. The molecular weight excluding hydrogens is 328 g/mol. The number of carboxylic acids is 1. The van der Waals surface area contributed by atoms with E-state index in [2.05, 4.69) is 34.7 Å². The number of hydrogen-bond donors (Lipinski definition) is 1. The van der Waals surface area contributed by atoms with E-state index in [4.69, 9.17) is 4.74 Å². The molecule has 0 radical (unpaired) electrons. The number of methoxy groups -OCH3 is 1. The number of fused-ring (bicyclic) bond motifs is 3. The highest BCUT2D eigenvalue weighted by Gasteiger charge is 2.24. The quantitative estimate of drug-likeness (QED) is 0.784. The van der Waals surface area contributed by atoms with Gasteiger partial charge < -0.3 is 19.3 Å². The first-order valence-corrected chi connectivity index (χ1v) is 8.77. The van der Waals surface area contributed by atoms with E-state index in [0.29, 0.717) is 23.4 Å². The van der Waals surface area contributed by atoms with Crippen LogP contribution in [0.2, 0.25) is 0 Å². The fourth-order valence-corrected chi connectivity index (χ4v) is 4.00. The normalized spacial score (nSPS) is 14.4. The highest BCUT2D eigenvalue weighted by Crippen LogP contribution is 2.33. The third-order valence-electron chi connectivity index (χ3n) is 5.25. The Kier molecular flexibility index (Phi) is 4.17. The molecule has 0 aliphatic carbocycles.